The first kappa shape index (κ1) is 10.1. The number of nitrogens with zero attached hydrogens (tertiary/aromatic N) is 2. The Labute approximate surface area is 90.4 Å². The zero-order chi connectivity index (χ0) is 10.8. The van der Waals surface area contributed by atoms with E-state index in [0.717, 1.165) is 29.6 Å². The molecule has 2 nitrogen and oxygen atoms in total. The maximum Gasteiger partial charge on any atom is 0.0892 e. The minimum absolute atomic E-state index is 0.980. The van der Waals surface area contributed by atoms with Crippen molar-refractivity contribution < 1.29 is 0 Å². The highest BCUT2D eigenvalue weighted by molar-refractivity contribution is 5.76. The van der Waals surface area contributed by atoms with E-state index in [0.29, 0.717) is 0 Å². The van der Waals surface area contributed by atoms with Crippen molar-refractivity contribution in [3.05, 3.63) is 35.2 Å². The fourth-order valence-corrected chi connectivity index (χ4v) is 1.90. The molecule has 1 aromatic carbocycles. The molecule has 0 fully saturated rings. The molecule has 0 aliphatic carbocycles. The van der Waals surface area contributed by atoms with Crippen molar-refractivity contribution in [2.45, 2.75) is 33.6 Å². The summed E-state index contributed by atoms with van der Waals surface area (Å²) in [5.41, 5.74) is 5.79. The van der Waals surface area contributed by atoms with Gasteiger partial charge in [-0.2, -0.15) is 0 Å². The molecule has 2 aromatic rings. The molecule has 0 radical (unpaired) electrons. The molecule has 2 heteroatoms. The van der Waals surface area contributed by atoms with E-state index in [9.17, 15) is 0 Å². The third-order valence-corrected chi connectivity index (χ3v) is 2.75. The predicted molar refractivity (Wildman–Crippen MR) is 63.0 cm³/mol. The van der Waals surface area contributed by atoms with Crippen LogP contribution in [0.2, 0.25) is 0 Å². The second kappa shape index (κ2) is 3.97. The number of benzene rings is 1. The molecule has 1 heterocycles. The number of aryl methyl sites for hydroxylation is 3. The SMILES string of the molecule is CCc1cc2ncc(C)nc2cc1CC. The lowest BCUT2D eigenvalue weighted by atomic mass is 10.0. The van der Waals surface area contributed by atoms with Gasteiger partial charge in [0, 0.05) is 6.20 Å². The van der Waals surface area contributed by atoms with Gasteiger partial charge in [-0.1, -0.05) is 13.8 Å². The first-order valence-corrected chi connectivity index (χ1v) is 5.49. The largest absolute Gasteiger partial charge is 0.253 e. The van der Waals surface area contributed by atoms with Crippen LogP contribution in [0.25, 0.3) is 11.0 Å². The fourth-order valence-electron chi connectivity index (χ4n) is 1.90. The molecular weight excluding hydrogens is 184 g/mol. The molecule has 0 amide bonds. The van der Waals surface area contributed by atoms with Crippen LogP contribution in [-0.4, -0.2) is 9.97 Å². The van der Waals surface area contributed by atoms with Gasteiger partial charge in [-0.15, -0.1) is 0 Å². The molecule has 0 aliphatic heterocycles. The summed E-state index contributed by atoms with van der Waals surface area (Å²) in [6, 6.07) is 4.34. The van der Waals surface area contributed by atoms with Gasteiger partial charge in [0.05, 0.1) is 16.7 Å². The molecule has 0 saturated heterocycles. The van der Waals surface area contributed by atoms with Crippen molar-refractivity contribution in [3.63, 3.8) is 0 Å². The Kier molecular flexibility index (Phi) is 2.67. The van der Waals surface area contributed by atoms with Gasteiger partial charge in [0.2, 0.25) is 0 Å². The van der Waals surface area contributed by atoms with Gasteiger partial charge < -0.3 is 0 Å². The lowest BCUT2D eigenvalue weighted by Gasteiger charge is -2.07. The Morgan fingerprint density at radius 1 is 1.00 bits per heavy atom. The van der Waals surface area contributed by atoms with Crippen LogP contribution in [0.15, 0.2) is 18.3 Å². The van der Waals surface area contributed by atoms with Crippen LogP contribution < -0.4 is 0 Å². The monoisotopic (exact) mass is 200 g/mol. The normalized spacial score (nSPS) is 10.9. The molecule has 0 N–H and O–H groups in total. The second-order valence-corrected chi connectivity index (χ2v) is 3.83. The van der Waals surface area contributed by atoms with Gasteiger partial charge in [0.25, 0.3) is 0 Å². The van der Waals surface area contributed by atoms with E-state index in [1.165, 1.54) is 11.1 Å². The lowest BCUT2D eigenvalue weighted by Crippen LogP contribution is -1.95. The molecular formula is C13H16N2. The maximum absolute atomic E-state index is 4.50. The van der Waals surface area contributed by atoms with Gasteiger partial charge in [-0.05, 0) is 43.0 Å². The van der Waals surface area contributed by atoms with Gasteiger partial charge >= 0.3 is 0 Å². The minimum atomic E-state index is 0.980. The molecule has 0 spiro atoms. The van der Waals surface area contributed by atoms with Gasteiger partial charge in [0.1, 0.15) is 0 Å². The van der Waals surface area contributed by atoms with Gasteiger partial charge in [0.15, 0.2) is 0 Å². The van der Waals surface area contributed by atoms with E-state index in [1.807, 2.05) is 13.1 Å². The third kappa shape index (κ3) is 1.84. The highest BCUT2D eigenvalue weighted by Gasteiger charge is 2.04. The van der Waals surface area contributed by atoms with Crippen molar-refractivity contribution in [2.75, 3.05) is 0 Å². The summed E-state index contributed by atoms with van der Waals surface area (Å²) in [6.45, 7) is 6.34. The average Bonchev–Trinajstić information content (AvgIpc) is 2.27. The summed E-state index contributed by atoms with van der Waals surface area (Å²) in [7, 11) is 0. The van der Waals surface area contributed by atoms with Crippen LogP contribution in [0.3, 0.4) is 0 Å². The summed E-state index contributed by atoms with van der Waals surface area (Å²) < 4.78 is 0. The molecule has 78 valence electrons. The predicted octanol–water partition coefficient (Wildman–Crippen LogP) is 3.06. The number of fused-ring (bicyclic) bond motifs is 1. The highest BCUT2D eigenvalue weighted by atomic mass is 14.8. The molecule has 0 atom stereocenters. The Hall–Kier alpha value is -1.44. The van der Waals surface area contributed by atoms with Crippen LogP contribution in [0.5, 0.6) is 0 Å². The molecule has 0 saturated carbocycles. The molecule has 15 heavy (non-hydrogen) atoms. The Bertz CT molecular complexity index is 489. The van der Waals surface area contributed by atoms with Crippen LogP contribution in [0, 0.1) is 6.92 Å². The Balaban J connectivity index is 2.69. The van der Waals surface area contributed by atoms with E-state index in [1.54, 1.807) is 0 Å². The quantitative estimate of drug-likeness (QED) is 0.744. The lowest BCUT2D eigenvalue weighted by molar-refractivity contribution is 1.04. The number of aromatic nitrogens is 2. The van der Waals surface area contributed by atoms with Crippen molar-refractivity contribution in [1.82, 2.24) is 9.97 Å². The highest BCUT2D eigenvalue weighted by Crippen LogP contribution is 2.18. The topological polar surface area (TPSA) is 25.8 Å². The zero-order valence-electron chi connectivity index (χ0n) is 9.54. The Morgan fingerprint density at radius 3 is 2.20 bits per heavy atom. The second-order valence-electron chi connectivity index (χ2n) is 3.83. The van der Waals surface area contributed by atoms with Crippen molar-refractivity contribution >= 4 is 11.0 Å². The summed E-state index contributed by atoms with van der Waals surface area (Å²) in [6.07, 6.45) is 3.96. The van der Waals surface area contributed by atoms with Crippen molar-refractivity contribution in [1.29, 1.82) is 0 Å². The summed E-state index contributed by atoms with van der Waals surface area (Å²) in [4.78, 5) is 8.90. The van der Waals surface area contributed by atoms with Gasteiger partial charge in [-0.25, -0.2) is 4.98 Å². The van der Waals surface area contributed by atoms with Crippen molar-refractivity contribution in [2.24, 2.45) is 0 Å². The number of hydrogen-bond donors (Lipinski definition) is 0. The minimum Gasteiger partial charge on any atom is -0.253 e. The van der Waals surface area contributed by atoms with Crippen LogP contribution in [0.1, 0.15) is 30.7 Å². The Morgan fingerprint density at radius 2 is 1.60 bits per heavy atom. The maximum atomic E-state index is 4.50. The van der Waals surface area contributed by atoms with Crippen LogP contribution in [0.4, 0.5) is 0 Å². The van der Waals surface area contributed by atoms with Crippen LogP contribution >= 0.6 is 0 Å². The molecule has 2 rings (SSSR count). The summed E-state index contributed by atoms with van der Waals surface area (Å²) in [5.74, 6) is 0. The van der Waals surface area contributed by atoms with E-state index in [2.05, 4.69) is 35.9 Å². The first-order valence-electron chi connectivity index (χ1n) is 5.49. The molecule has 0 bridgehead atoms. The number of rotatable bonds is 2. The number of hydrogen-bond acceptors (Lipinski definition) is 2. The first-order chi connectivity index (χ1) is 7.24. The molecule has 0 aliphatic rings. The third-order valence-electron chi connectivity index (χ3n) is 2.75. The summed E-state index contributed by atoms with van der Waals surface area (Å²) in [5, 5.41) is 0. The molecule has 1 aromatic heterocycles. The smallest absolute Gasteiger partial charge is 0.0892 e. The summed E-state index contributed by atoms with van der Waals surface area (Å²) >= 11 is 0. The van der Waals surface area contributed by atoms with E-state index in [4.69, 9.17) is 0 Å². The zero-order valence-corrected chi connectivity index (χ0v) is 9.54. The van der Waals surface area contributed by atoms with Crippen LogP contribution in [-0.2, 0) is 12.8 Å². The molecule has 0 unspecified atom stereocenters. The average molecular weight is 200 g/mol. The van der Waals surface area contributed by atoms with E-state index >= 15 is 0 Å². The van der Waals surface area contributed by atoms with Crippen molar-refractivity contribution in [3.8, 4) is 0 Å². The standard InChI is InChI=1S/C13H16N2/c1-4-10-6-12-13(7-11(10)5-2)15-9(3)8-14-12/h6-8H,4-5H2,1-3H3. The fraction of sp³-hybridized carbons (Fsp3) is 0.385. The van der Waals surface area contributed by atoms with Gasteiger partial charge in [-0.3, -0.25) is 4.98 Å². The van der Waals surface area contributed by atoms with E-state index in [-0.39, 0.29) is 0 Å². The van der Waals surface area contributed by atoms with E-state index < -0.39 is 0 Å².